The molecule has 0 aliphatic carbocycles. The molecule has 18 heavy (non-hydrogen) atoms. The minimum Gasteiger partial charge on any atom is -0.383 e. The first-order valence-corrected chi connectivity index (χ1v) is 7.04. The molecular formula is C8H9N5O3S2. The van der Waals surface area contributed by atoms with Crippen molar-refractivity contribution in [2.45, 2.75) is 11.8 Å². The third kappa shape index (κ3) is 2.33. The zero-order valence-electron chi connectivity index (χ0n) is 9.17. The summed E-state index contributed by atoms with van der Waals surface area (Å²) in [6, 6.07) is 0. The molecule has 0 atom stereocenters. The van der Waals surface area contributed by atoms with E-state index in [1.54, 1.807) is 0 Å². The molecule has 0 aliphatic heterocycles. The van der Waals surface area contributed by atoms with E-state index >= 15 is 0 Å². The van der Waals surface area contributed by atoms with Crippen molar-refractivity contribution in [1.29, 1.82) is 0 Å². The van der Waals surface area contributed by atoms with Crippen molar-refractivity contribution < 1.29 is 13.2 Å². The Morgan fingerprint density at radius 2 is 2.28 bits per heavy atom. The van der Waals surface area contributed by atoms with Gasteiger partial charge in [0.05, 0.1) is 6.20 Å². The lowest BCUT2D eigenvalue weighted by Gasteiger charge is -2.02. The molecule has 4 N–H and O–H groups in total. The highest BCUT2D eigenvalue weighted by molar-refractivity contribution is 7.93. The highest BCUT2D eigenvalue weighted by atomic mass is 32.2. The number of aromatic nitrogens is 3. The second-order valence-corrected chi connectivity index (χ2v) is 5.86. The van der Waals surface area contributed by atoms with E-state index < -0.39 is 10.0 Å². The summed E-state index contributed by atoms with van der Waals surface area (Å²) in [4.78, 5) is 14.7. The molecule has 0 aliphatic rings. The van der Waals surface area contributed by atoms with Gasteiger partial charge in [-0.25, -0.2) is 13.4 Å². The maximum atomic E-state index is 11.9. The van der Waals surface area contributed by atoms with Crippen LogP contribution in [0.1, 0.15) is 17.4 Å². The molecule has 0 unspecified atom stereocenters. The van der Waals surface area contributed by atoms with Crippen molar-refractivity contribution in [3.05, 3.63) is 17.3 Å². The van der Waals surface area contributed by atoms with Gasteiger partial charge in [0.2, 0.25) is 0 Å². The number of nitrogens with zero attached hydrogens (tertiary/aromatic N) is 2. The predicted molar refractivity (Wildman–Crippen MR) is 65.9 cm³/mol. The van der Waals surface area contributed by atoms with Crippen LogP contribution in [-0.4, -0.2) is 29.4 Å². The number of hydrogen-bond donors (Lipinski definition) is 3. The van der Waals surface area contributed by atoms with Gasteiger partial charge in [0.1, 0.15) is 16.4 Å². The Labute approximate surface area is 106 Å². The highest BCUT2D eigenvalue weighted by Crippen LogP contribution is 2.22. The summed E-state index contributed by atoms with van der Waals surface area (Å²) in [5.74, 6) is -0.301. The fourth-order valence-corrected chi connectivity index (χ4v) is 3.18. The van der Waals surface area contributed by atoms with Crippen LogP contribution in [0.15, 0.2) is 16.5 Å². The first-order chi connectivity index (χ1) is 8.40. The fourth-order valence-electron chi connectivity index (χ4n) is 1.15. The number of nitrogen functional groups attached to an aromatic ring is 1. The summed E-state index contributed by atoms with van der Waals surface area (Å²) in [7, 11) is -3.85. The molecule has 10 heteroatoms. The third-order valence-electron chi connectivity index (χ3n) is 2.01. The average Bonchev–Trinajstić information content (AvgIpc) is 2.86. The molecule has 0 spiro atoms. The molecule has 2 aromatic rings. The summed E-state index contributed by atoms with van der Waals surface area (Å²) in [5, 5.41) is 7.41. The van der Waals surface area contributed by atoms with E-state index in [1.165, 1.54) is 12.3 Å². The highest BCUT2D eigenvalue weighted by Gasteiger charge is 2.21. The van der Waals surface area contributed by atoms with Crippen LogP contribution in [0.2, 0.25) is 0 Å². The Hall–Kier alpha value is -1.94. The Bertz CT molecular complexity index is 687. The van der Waals surface area contributed by atoms with Crippen LogP contribution in [0.25, 0.3) is 0 Å². The topological polar surface area (TPSA) is 131 Å². The van der Waals surface area contributed by atoms with Crippen LogP contribution >= 0.6 is 11.3 Å². The van der Waals surface area contributed by atoms with Crippen LogP contribution in [0, 0.1) is 0 Å². The number of nitrogens with one attached hydrogen (secondary N) is 2. The lowest BCUT2D eigenvalue weighted by atomic mass is 10.4. The number of nitrogens with two attached hydrogens (primary N) is 1. The van der Waals surface area contributed by atoms with E-state index in [9.17, 15) is 13.2 Å². The van der Waals surface area contributed by atoms with E-state index in [1.807, 2.05) is 0 Å². The smallest absolute Gasteiger partial charge is 0.268 e. The van der Waals surface area contributed by atoms with Gasteiger partial charge >= 0.3 is 0 Å². The van der Waals surface area contributed by atoms with Crippen molar-refractivity contribution in [3.63, 3.8) is 0 Å². The van der Waals surface area contributed by atoms with Crippen LogP contribution in [0.5, 0.6) is 0 Å². The average molecular weight is 287 g/mol. The quantitative estimate of drug-likeness (QED) is 0.700. The summed E-state index contributed by atoms with van der Waals surface area (Å²) < 4.78 is 26.0. The van der Waals surface area contributed by atoms with Gasteiger partial charge in [-0.15, -0.1) is 11.3 Å². The molecule has 0 radical (unpaired) electrons. The minimum absolute atomic E-state index is 0.0640. The van der Waals surface area contributed by atoms with E-state index in [-0.39, 0.29) is 27.3 Å². The zero-order valence-corrected chi connectivity index (χ0v) is 10.8. The van der Waals surface area contributed by atoms with Gasteiger partial charge in [-0.3, -0.25) is 14.6 Å². The summed E-state index contributed by atoms with van der Waals surface area (Å²) in [6.07, 6.45) is 1.09. The normalized spacial score (nSPS) is 11.4. The zero-order chi connectivity index (χ0) is 13.3. The molecule has 96 valence electrons. The first-order valence-electron chi connectivity index (χ1n) is 4.68. The lowest BCUT2D eigenvalue weighted by molar-refractivity contribution is 0.101. The molecule has 0 amide bonds. The van der Waals surface area contributed by atoms with E-state index in [0.29, 0.717) is 0 Å². The SMILES string of the molecule is CC(=O)c1csc(NS(=O)(=O)c2cn[nH]c2N)n1. The molecular weight excluding hydrogens is 278 g/mol. The monoisotopic (exact) mass is 287 g/mol. The number of H-pyrrole nitrogens is 1. The van der Waals surface area contributed by atoms with Crippen LogP contribution in [0.3, 0.4) is 0 Å². The number of sulfonamides is 1. The number of carbonyl (C=O) groups is 1. The Balaban J connectivity index is 2.28. The van der Waals surface area contributed by atoms with Gasteiger partial charge in [0, 0.05) is 12.3 Å². The van der Waals surface area contributed by atoms with E-state index in [2.05, 4.69) is 19.9 Å². The van der Waals surface area contributed by atoms with E-state index in [0.717, 1.165) is 17.5 Å². The molecule has 0 aromatic carbocycles. The van der Waals surface area contributed by atoms with Gasteiger partial charge in [0.15, 0.2) is 10.9 Å². The molecule has 8 nitrogen and oxygen atoms in total. The summed E-state index contributed by atoms with van der Waals surface area (Å²) in [5.41, 5.74) is 5.63. The lowest BCUT2D eigenvalue weighted by Crippen LogP contribution is -2.13. The number of thiazole rings is 1. The fraction of sp³-hybridized carbons (Fsp3) is 0.125. The number of rotatable bonds is 4. The molecule has 0 fully saturated rings. The molecule has 0 saturated carbocycles. The Kier molecular flexibility index (Phi) is 3.05. The van der Waals surface area contributed by atoms with Crippen molar-refractivity contribution in [2.24, 2.45) is 0 Å². The molecule has 2 heterocycles. The number of hydrogen-bond acceptors (Lipinski definition) is 7. The van der Waals surface area contributed by atoms with Crippen LogP contribution in [0.4, 0.5) is 10.9 Å². The third-order valence-corrected chi connectivity index (χ3v) is 4.26. The van der Waals surface area contributed by atoms with Gasteiger partial charge in [0.25, 0.3) is 10.0 Å². The van der Waals surface area contributed by atoms with E-state index in [4.69, 9.17) is 5.73 Å². The van der Waals surface area contributed by atoms with Crippen LogP contribution < -0.4 is 10.5 Å². The minimum atomic E-state index is -3.85. The maximum Gasteiger partial charge on any atom is 0.268 e. The van der Waals surface area contributed by atoms with Crippen molar-refractivity contribution in [2.75, 3.05) is 10.5 Å². The van der Waals surface area contributed by atoms with Gasteiger partial charge in [-0.05, 0) is 0 Å². The first kappa shape index (κ1) is 12.5. The number of ketones is 1. The second kappa shape index (κ2) is 4.38. The second-order valence-electron chi connectivity index (χ2n) is 3.35. The predicted octanol–water partition coefficient (Wildman–Crippen LogP) is 0.452. The Morgan fingerprint density at radius 3 is 2.78 bits per heavy atom. The van der Waals surface area contributed by atoms with Gasteiger partial charge in [-0.1, -0.05) is 0 Å². The largest absolute Gasteiger partial charge is 0.383 e. The van der Waals surface area contributed by atoms with Crippen molar-refractivity contribution in [3.8, 4) is 0 Å². The summed E-state index contributed by atoms with van der Waals surface area (Å²) in [6.45, 7) is 1.35. The van der Waals surface area contributed by atoms with Gasteiger partial charge < -0.3 is 5.73 Å². The standard InChI is InChI=1S/C8H9N5O3S2/c1-4(14)5-3-17-8(11-5)13-18(15,16)6-2-10-12-7(6)9/h2-3H,1H3,(H,11,13)(H3,9,10,12). The molecule has 0 bridgehead atoms. The van der Waals surface area contributed by atoms with Crippen molar-refractivity contribution in [1.82, 2.24) is 15.2 Å². The number of Topliss-reactive ketones (excluding diaryl/α,β-unsaturated/α-hetero) is 1. The molecule has 0 saturated heterocycles. The number of carbonyl (C=O) groups excluding carboxylic acids is 1. The molecule has 2 aromatic heterocycles. The van der Waals surface area contributed by atoms with Crippen molar-refractivity contribution >= 4 is 38.1 Å². The van der Waals surface area contributed by atoms with Crippen LogP contribution in [-0.2, 0) is 10.0 Å². The van der Waals surface area contributed by atoms with Gasteiger partial charge in [-0.2, -0.15) is 5.10 Å². The number of anilines is 2. The Morgan fingerprint density at radius 1 is 1.56 bits per heavy atom. The maximum absolute atomic E-state index is 11.9. The summed E-state index contributed by atoms with van der Waals surface area (Å²) >= 11 is 1.01. The number of aromatic amines is 1. The molecule has 2 rings (SSSR count).